The molecule has 16 heavy (non-hydrogen) atoms. The molecule has 3 nitrogen and oxygen atoms in total. The van der Waals surface area contributed by atoms with E-state index >= 15 is 0 Å². The van der Waals surface area contributed by atoms with E-state index in [0.29, 0.717) is 10.2 Å². The van der Waals surface area contributed by atoms with Crippen LogP contribution in [0.3, 0.4) is 0 Å². The third-order valence-electron chi connectivity index (χ3n) is 4.72. The van der Waals surface area contributed by atoms with Gasteiger partial charge in [0.05, 0.1) is 6.20 Å². The molecule has 4 heteroatoms. The fourth-order valence-electron chi connectivity index (χ4n) is 3.67. The lowest BCUT2D eigenvalue weighted by molar-refractivity contribution is 0.386. The minimum Gasteiger partial charge on any atom is -0.197 e. The van der Waals surface area contributed by atoms with Gasteiger partial charge in [0.25, 0.3) is 0 Å². The van der Waals surface area contributed by atoms with Gasteiger partial charge in [-0.15, -0.1) is 5.10 Å². The highest BCUT2D eigenvalue weighted by atomic mass is 32.2. The Kier molecular flexibility index (Phi) is 2.16. The average molecular weight is 237 g/mol. The molecule has 1 aromatic heterocycles. The first-order chi connectivity index (χ1) is 7.56. The van der Waals surface area contributed by atoms with E-state index in [9.17, 15) is 0 Å². The standard InChI is InChI=1S/C12H19N3S/c1-8-4-5-9-11(2,3)12(9,6-8)16-10-7-13-15-14-10/h7-9H,4-6H2,1-3H3,(H,13,14,15). The fourth-order valence-corrected chi connectivity index (χ4v) is 5.50. The van der Waals surface area contributed by atoms with Crippen LogP contribution >= 0.6 is 11.8 Å². The molecule has 3 unspecified atom stereocenters. The summed E-state index contributed by atoms with van der Waals surface area (Å²) in [7, 11) is 0. The summed E-state index contributed by atoms with van der Waals surface area (Å²) in [5, 5.41) is 11.9. The molecule has 2 aliphatic carbocycles. The van der Waals surface area contributed by atoms with Gasteiger partial charge in [-0.3, -0.25) is 0 Å². The highest BCUT2D eigenvalue weighted by molar-refractivity contribution is 8.01. The molecule has 1 heterocycles. The predicted molar refractivity (Wildman–Crippen MR) is 65.3 cm³/mol. The van der Waals surface area contributed by atoms with Gasteiger partial charge in [0, 0.05) is 4.75 Å². The first-order valence-electron chi connectivity index (χ1n) is 6.11. The molecular formula is C12H19N3S. The van der Waals surface area contributed by atoms with Crippen LogP contribution in [0.2, 0.25) is 0 Å². The Bertz CT molecular complexity index is 387. The summed E-state index contributed by atoms with van der Waals surface area (Å²) in [5.41, 5.74) is 0.474. The molecule has 0 aliphatic heterocycles. The van der Waals surface area contributed by atoms with Crippen LogP contribution in [-0.4, -0.2) is 20.2 Å². The second kappa shape index (κ2) is 3.25. The minimum absolute atomic E-state index is 0.432. The van der Waals surface area contributed by atoms with Gasteiger partial charge in [-0.2, -0.15) is 10.3 Å². The van der Waals surface area contributed by atoms with E-state index in [-0.39, 0.29) is 0 Å². The maximum absolute atomic E-state index is 4.20. The smallest absolute Gasteiger partial charge is 0.139 e. The average Bonchev–Trinajstić information content (AvgIpc) is 2.60. The van der Waals surface area contributed by atoms with Crippen molar-refractivity contribution in [3.05, 3.63) is 6.20 Å². The van der Waals surface area contributed by atoms with Crippen molar-refractivity contribution in [3.8, 4) is 0 Å². The summed E-state index contributed by atoms with van der Waals surface area (Å²) >= 11 is 1.95. The third kappa shape index (κ3) is 1.28. The number of thioether (sulfide) groups is 1. The summed E-state index contributed by atoms with van der Waals surface area (Å²) in [6.45, 7) is 7.22. The Morgan fingerprint density at radius 2 is 2.25 bits per heavy atom. The van der Waals surface area contributed by atoms with E-state index in [0.717, 1.165) is 16.9 Å². The molecule has 0 radical (unpaired) electrons. The molecule has 88 valence electrons. The second-order valence-corrected chi connectivity index (χ2v) is 7.31. The summed E-state index contributed by atoms with van der Waals surface area (Å²) < 4.78 is 0.432. The molecule has 1 aromatic rings. The molecule has 3 rings (SSSR count). The van der Waals surface area contributed by atoms with Crippen molar-refractivity contribution in [1.82, 2.24) is 15.4 Å². The van der Waals surface area contributed by atoms with Crippen molar-refractivity contribution in [2.45, 2.75) is 49.8 Å². The summed E-state index contributed by atoms with van der Waals surface area (Å²) in [6.07, 6.45) is 5.97. The zero-order chi connectivity index (χ0) is 11.4. The molecule has 0 aromatic carbocycles. The lowest BCUT2D eigenvalue weighted by Gasteiger charge is -2.26. The summed E-state index contributed by atoms with van der Waals surface area (Å²) in [4.78, 5) is 0. The Balaban J connectivity index is 1.86. The highest BCUT2D eigenvalue weighted by Gasteiger charge is 2.72. The molecule has 2 saturated carbocycles. The van der Waals surface area contributed by atoms with Gasteiger partial charge in [0.2, 0.25) is 0 Å². The van der Waals surface area contributed by atoms with E-state index in [2.05, 4.69) is 36.2 Å². The predicted octanol–water partition coefficient (Wildman–Crippen LogP) is 3.11. The largest absolute Gasteiger partial charge is 0.197 e. The van der Waals surface area contributed by atoms with Crippen molar-refractivity contribution >= 4 is 11.8 Å². The van der Waals surface area contributed by atoms with Gasteiger partial charge in [0.15, 0.2) is 0 Å². The van der Waals surface area contributed by atoms with Gasteiger partial charge in [-0.1, -0.05) is 39.0 Å². The maximum atomic E-state index is 4.20. The minimum atomic E-state index is 0.432. The van der Waals surface area contributed by atoms with Gasteiger partial charge in [-0.25, -0.2) is 0 Å². The Labute approximate surface area is 101 Å². The van der Waals surface area contributed by atoms with E-state index < -0.39 is 0 Å². The Morgan fingerprint density at radius 1 is 1.44 bits per heavy atom. The molecule has 1 N–H and O–H groups in total. The molecule has 0 bridgehead atoms. The molecule has 2 fully saturated rings. The number of nitrogens with zero attached hydrogens (tertiary/aromatic N) is 2. The maximum Gasteiger partial charge on any atom is 0.139 e. The highest BCUT2D eigenvalue weighted by Crippen LogP contribution is 2.76. The Morgan fingerprint density at radius 3 is 2.94 bits per heavy atom. The number of hydrogen-bond acceptors (Lipinski definition) is 3. The van der Waals surface area contributed by atoms with Crippen LogP contribution in [0.4, 0.5) is 0 Å². The number of H-pyrrole nitrogens is 1. The monoisotopic (exact) mass is 237 g/mol. The van der Waals surface area contributed by atoms with E-state index in [1.54, 1.807) is 0 Å². The molecule has 3 atom stereocenters. The SMILES string of the molecule is CC1CCC2C(C)(C)C2(Sc2cn[nH]n2)C1. The molecule has 0 saturated heterocycles. The summed E-state index contributed by atoms with van der Waals surface area (Å²) in [5.74, 6) is 1.73. The van der Waals surface area contributed by atoms with Crippen LogP contribution in [0.1, 0.15) is 40.0 Å². The van der Waals surface area contributed by atoms with Crippen molar-refractivity contribution in [2.24, 2.45) is 17.3 Å². The van der Waals surface area contributed by atoms with E-state index in [4.69, 9.17) is 0 Å². The van der Waals surface area contributed by atoms with E-state index in [1.807, 2.05) is 18.0 Å². The third-order valence-corrected chi connectivity index (χ3v) is 6.47. The first kappa shape index (κ1) is 10.6. The number of nitrogens with one attached hydrogen (secondary N) is 1. The van der Waals surface area contributed by atoms with Crippen molar-refractivity contribution < 1.29 is 0 Å². The van der Waals surface area contributed by atoms with Gasteiger partial charge in [0.1, 0.15) is 5.03 Å². The van der Waals surface area contributed by atoms with Crippen LogP contribution in [-0.2, 0) is 0 Å². The lowest BCUT2D eigenvalue weighted by atomic mass is 9.90. The molecular weight excluding hydrogens is 218 g/mol. The quantitative estimate of drug-likeness (QED) is 0.859. The van der Waals surface area contributed by atoms with Crippen LogP contribution in [0.25, 0.3) is 0 Å². The molecule has 2 aliphatic rings. The Hall–Kier alpha value is -0.510. The number of rotatable bonds is 2. The zero-order valence-corrected chi connectivity index (χ0v) is 11.0. The van der Waals surface area contributed by atoms with Crippen LogP contribution in [0.5, 0.6) is 0 Å². The van der Waals surface area contributed by atoms with Crippen molar-refractivity contribution in [3.63, 3.8) is 0 Å². The summed E-state index contributed by atoms with van der Waals surface area (Å²) in [6, 6.07) is 0. The van der Waals surface area contributed by atoms with Crippen molar-refractivity contribution in [1.29, 1.82) is 0 Å². The topological polar surface area (TPSA) is 41.6 Å². The fraction of sp³-hybridized carbons (Fsp3) is 0.833. The second-order valence-electron chi connectivity index (χ2n) is 5.96. The molecule has 0 amide bonds. The van der Waals surface area contributed by atoms with Crippen molar-refractivity contribution in [2.75, 3.05) is 0 Å². The number of aromatic nitrogens is 3. The van der Waals surface area contributed by atoms with Gasteiger partial charge >= 0.3 is 0 Å². The van der Waals surface area contributed by atoms with Crippen LogP contribution in [0, 0.1) is 17.3 Å². The molecule has 0 spiro atoms. The normalized spacial score (nSPS) is 40.4. The zero-order valence-electron chi connectivity index (χ0n) is 10.2. The van der Waals surface area contributed by atoms with Gasteiger partial charge < -0.3 is 0 Å². The lowest BCUT2D eigenvalue weighted by Crippen LogP contribution is -2.20. The first-order valence-corrected chi connectivity index (χ1v) is 6.93. The van der Waals surface area contributed by atoms with Gasteiger partial charge in [-0.05, 0) is 30.1 Å². The van der Waals surface area contributed by atoms with E-state index in [1.165, 1.54) is 19.3 Å². The van der Waals surface area contributed by atoms with Crippen LogP contribution < -0.4 is 0 Å². The number of aromatic amines is 1. The number of hydrogen-bond donors (Lipinski definition) is 1. The number of fused-ring (bicyclic) bond motifs is 1. The van der Waals surface area contributed by atoms with Crippen LogP contribution in [0.15, 0.2) is 11.2 Å².